The van der Waals surface area contributed by atoms with E-state index in [1.165, 1.54) is 0 Å². The van der Waals surface area contributed by atoms with Gasteiger partial charge in [0.25, 0.3) is 11.8 Å². The predicted octanol–water partition coefficient (Wildman–Crippen LogP) is -0.191. The van der Waals surface area contributed by atoms with Crippen LogP contribution >= 0.6 is 0 Å². The molecular formula is C10H15NO6S. The first-order chi connectivity index (χ1) is 8.35. The summed E-state index contributed by atoms with van der Waals surface area (Å²) in [5, 5.41) is 0.345. The minimum Gasteiger partial charge on any atom is -0.329 e. The van der Waals surface area contributed by atoms with Crippen molar-refractivity contribution in [2.24, 2.45) is 0 Å². The van der Waals surface area contributed by atoms with E-state index in [-0.39, 0.29) is 18.6 Å². The Labute approximate surface area is 105 Å². The number of carbonyl (C=O) groups is 3. The molecule has 1 aliphatic heterocycles. The highest BCUT2D eigenvalue weighted by atomic mass is 32.2. The van der Waals surface area contributed by atoms with Crippen LogP contribution in [0.4, 0.5) is 0 Å². The lowest BCUT2D eigenvalue weighted by molar-refractivity contribution is -0.195. The van der Waals surface area contributed by atoms with Crippen LogP contribution in [-0.2, 0) is 29.1 Å². The van der Waals surface area contributed by atoms with Gasteiger partial charge in [-0.05, 0) is 6.42 Å². The standard InChI is InChI=1S/C10H15NO6S/c1-2-3-6-18(15,16)7-10(14)17-11-8(12)4-5-9(11)13/h2-7H2,1H3. The highest BCUT2D eigenvalue weighted by molar-refractivity contribution is 7.92. The lowest BCUT2D eigenvalue weighted by Gasteiger charge is -2.12. The van der Waals surface area contributed by atoms with Crippen molar-refractivity contribution >= 4 is 27.6 Å². The minimum atomic E-state index is -3.54. The highest BCUT2D eigenvalue weighted by Crippen LogP contribution is 2.12. The topological polar surface area (TPSA) is 97.8 Å². The number of unbranched alkanes of at least 4 members (excludes halogenated alkanes) is 1. The van der Waals surface area contributed by atoms with E-state index in [1.54, 1.807) is 0 Å². The molecule has 8 heteroatoms. The molecule has 0 aliphatic carbocycles. The fraction of sp³-hybridized carbons (Fsp3) is 0.700. The molecule has 2 amide bonds. The number of hydroxylamine groups is 2. The Morgan fingerprint density at radius 3 is 2.33 bits per heavy atom. The smallest absolute Gasteiger partial charge is 0.329 e. The van der Waals surface area contributed by atoms with Crippen LogP contribution in [0.15, 0.2) is 0 Å². The molecule has 1 fully saturated rings. The lowest BCUT2D eigenvalue weighted by Crippen LogP contribution is -2.34. The van der Waals surface area contributed by atoms with Crippen molar-refractivity contribution in [3.63, 3.8) is 0 Å². The largest absolute Gasteiger partial charge is 0.348 e. The molecule has 1 aliphatic rings. The molecule has 18 heavy (non-hydrogen) atoms. The molecule has 1 heterocycles. The van der Waals surface area contributed by atoms with Crippen molar-refractivity contribution in [2.75, 3.05) is 11.5 Å². The van der Waals surface area contributed by atoms with Crippen LogP contribution in [0.5, 0.6) is 0 Å². The summed E-state index contributed by atoms with van der Waals surface area (Å²) < 4.78 is 22.9. The number of hydrogen-bond acceptors (Lipinski definition) is 6. The summed E-state index contributed by atoms with van der Waals surface area (Å²) in [5.74, 6) is -3.28. The van der Waals surface area contributed by atoms with Crippen molar-refractivity contribution in [1.29, 1.82) is 0 Å². The molecule has 0 aromatic carbocycles. The molecule has 0 bridgehead atoms. The van der Waals surface area contributed by atoms with Crippen molar-refractivity contribution in [2.45, 2.75) is 32.6 Å². The second-order valence-corrected chi connectivity index (χ2v) is 6.17. The number of hydrogen-bond donors (Lipinski definition) is 0. The van der Waals surface area contributed by atoms with Gasteiger partial charge in [-0.1, -0.05) is 13.3 Å². The molecule has 7 nitrogen and oxygen atoms in total. The molecule has 1 saturated heterocycles. The summed E-state index contributed by atoms with van der Waals surface area (Å²) in [6, 6.07) is 0. The van der Waals surface area contributed by atoms with Gasteiger partial charge in [-0.3, -0.25) is 9.59 Å². The number of sulfone groups is 1. The number of carbonyl (C=O) groups excluding carboxylic acids is 3. The van der Waals surface area contributed by atoms with E-state index < -0.39 is 33.4 Å². The Hall–Kier alpha value is -1.44. The molecule has 0 aromatic heterocycles. The zero-order valence-electron chi connectivity index (χ0n) is 10.0. The van der Waals surface area contributed by atoms with Gasteiger partial charge in [0, 0.05) is 12.8 Å². The second kappa shape index (κ2) is 5.94. The van der Waals surface area contributed by atoms with Crippen LogP contribution in [0.2, 0.25) is 0 Å². The van der Waals surface area contributed by atoms with E-state index in [2.05, 4.69) is 4.84 Å². The maximum absolute atomic E-state index is 11.4. The third kappa shape index (κ3) is 4.10. The zero-order chi connectivity index (χ0) is 13.8. The quantitative estimate of drug-likeness (QED) is 0.624. The van der Waals surface area contributed by atoms with E-state index in [9.17, 15) is 22.8 Å². The van der Waals surface area contributed by atoms with Crippen LogP contribution in [0.1, 0.15) is 32.6 Å². The van der Waals surface area contributed by atoms with Crippen LogP contribution in [0.3, 0.4) is 0 Å². The monoisotopic (exact) mass is 277 g/mol. The molecule has 0 atom stereocenters. The van der Waals surface area contributed by atoms with Gasteiger partial charge in [0.1, 0.15) is 0 Å². The highest BCUT2D eigenvalue weighted by Gasteiger charge is 2.33. The Bertz CT molecular complexity index is 439. The van der Waals surface area contributed by atoms with Gasteiger partial charge in [0.2, 0.25) is 0 Å². The zero-order valence-corrected chi connectivity index (χ0v) is 10.9. The van der Waals surface area contributed by atoms with E-state index in [0.29, 0.717) is 17.9 Å². The Balaban J connectivity index is 2.51. The maximum Gasteiger partial charge on any atom is 0.348 e. The maximum atomic E-state index is 11.4. The Morgan fingerprint density at radius 1 is 1.28 bits per heavy atom. The molecule has 0 unspecified atom stereocenters. The number of amides is 2. The molecular weight excluding hydrogens is 262 g/mol. The average molecular weight is 277 g/mol. The van der Waals surface area contributed by atoms with Crippen LogP contribution in [0.25, 0.3) is 0 Å². The van der Waals surface area contributed by atoms with Crippen LogP contribution < -0.4 is 0 Å². The Morgan fingerprint density at radius 2 is 1.83 bits per heavy atom. The number of imide groups is 1. The minimum absolute atomic E-state index is 0.0191. The van der Waals surface area contributed by atoms with Gasteiger partial charge in [0.05, 0.1) is 5.75 Å². The van der Waals surface area contributed by atoms with Crippen LogP contribution in [-0.4, -0.2) is 42.8 Å². The fourth-order valence-electron chi connectivity index (χ4n) is 1.40. The number of rotatable bonds is 6. The first kappa shape index (κ1) is 14.6. The molecule has 0 saturated carbocycles. The molecule has 1 rings (SSSR count). The second-order valence-electron chi connectivity index (χ2n) is 3.99. The molecule has 0 spiro atoms. The van der Waals surface area contributed by atoms with Gasteiger partial charge in [-0.2, -0.15) is 0 Å². The normalized spacial score (nSPS) is 16.2. The van der Waals surface area contributed by atoms with Gasteiger partial charge in [0.15, 0.2) is 15.6 Å². The summed E-state index contributed by atoms with van der Waals surface area (Å²) in [6.45, 7) is 1.83. The third-order valence-electron chi connectivity index (χ3n) is 2.35. The van der Waals surface area contributed by atoms with Gasteiger partial charge < -0.3 is 4.84 Å². The van der Waals surface area contributed by atoms with Crippen molar-refractivity contribution in [3.05, 3.63) is 0 Å². The number of nitrogens with zero attached hydrogens (tertiary/aromatic N) is 1. The summed E-state index contributed by atoms with van der Waals surface area (Å²) >= 11 is 0. The molecule has 0 radical (unpaired) electrons. The summed E-state index contributed by atoms with van der Waals surface area (Å²) in [7, 11) is -3.54. The van der Waals surface area contributed by atoms with E-state index >= 15 is 0 Å². The summed E-state index contributed by atoms with van der Waals surface area (Å²) in [5.41, 5.74) is 0. The molecule has 0 N–H and O–H groups in total. The molecule has 102 valence electrons. The average Bonchev–Trinajstić information content (AvgIpc) is 2.57. The predicted molar refractivity (Wildman–Crippen MR) is 60.7 cm³/mol. The van der Waals surface area contributed by atoms with Gasteiger partial charge in [-0.25, -0.2) is 13.2 Å². The lowest BCUT2D eigenvalue weighted by atomic mass is 10.4. The first-order valence-corrected chi connectivity index (χ1v) is 7.45. The first-order valence-electron chi connectivity index (χ1n) is 5.62. The Kier molecular flexibility index (Phi) is 4.83. The van der Waals surface area contributed by atoms with Crippen LogP contribution in [0, 0.1) is 0 Å². The van der Waals surface area contributed by atoms with Crippen molar-refractivity contribution < 1.29 is 27.6 Å². The van der Waals surface area contributed by atoms with Gasteiger partial charge >= 0.3 is 5.97 Å². The SMILES string of the molecule is CCCCS(=O)(=O)CC(=O)ON1C(=O)CCC1=O. The summed E-state index contributed by atoms with van der Waals surface area (Å²) in [4.78, 5) is 38.1. The van der Waals surface area contributed by atoms with Crippen molar-refractivity contribution in [1.82, 2.24) is 5.06 Å². The summed E-state index contributed by atoms with van der Waals surface area (Å²) in [6.07, 6.45) is 1.11. The van der Waals surface area contributed by atoms with Crippen molar-refractivity contribution in [3.8, 4) is 0 Å². The van der Waals surface area contributed by atoms with Gasteiger partial charge in [-0.15, -0.1) is 5.06 Å². The molecule has 0 aromatic rings. The van der Waals surface area contributed by atoms with E-state index in [1.807, 2.05) is 6.92 Å². The van der Waals surface area contributed by atoms with E-state index in [0.717, 1.165) is 0 Å². The fourth-order valence-corrected chi connectivity index (χ4v) is 2.69. The third-order valence-corrected chi connectivity index (χ3v) is 3.93. The van der Waals surface area contributed by atoms with E-state index in [4.69, 9.17) is 0 Å².